The van der Waals surface area contributed by atoms with Crippen molar-refractivity contribution in [2.75, 3.05) is 0 Å². The molecule has 129 valence electrons. The molecular formula is C19H20Cl2NOSiTi. The maximum Gasteiger partial charge on any atom is -1.00 e. The van der Waals surface area contributed by atoms with Gasteiger partial charge in [0.2, 0.25) is 0 Å². The Kier molecular flexibility index (Phi) is 2.47. The van der Waals surface area contributed by atoms with Crippen LogP contribution in [0.25, 0.3) is 0 Å². The van der Waals surface area contributed by atoms with E-state index in [1.165, 1.54) is 19.3 Å². The molecule has 6 heteroatoms. The van der Waals surface area contributed by atoms with E-state index in [4.69, 9.17) is 0 Å². The minimum atomic E-state index is -0.424. The predicted octanol–water partition coefficient (Wildman–Crippen LogP) is -3.78. The minimum absolute atomic E-state index is 0. The van der Waals surface area contributed by atoms with Crippen LogP contribution in [0.15, 0.2) is 12.2 Å². The molecule has 1 N–H and O–H groups in total. The molecule has 9 fully saturated rings. The number of nitrogens with one attached hydrogen (secondary N) is 1. The maximum absolute atomic E-state index is 13.0. The molecule has 0 saturated heterocycles. The van der Waals surface area contributed by atoms with Crippen LogP contribution < -0.4 is 28.6 Å². The van der Waals surface area contributed by atoms with E-state index in [1.54, 1.807) is 5.17 Å². The monoisotopic (exact) mass is 424 g/mol. The van der Waals surface area contributed by atoms with Gasteiger partial charge < -0.3 is 24.8 Å². The molecule has 10 unspecified atom stereocenters. The first kappa shape index (κ1) is 16.5. The molecule has 1 amide bonds. The van der Waals surface area contributed by atoms with E-state index in [0.717, 1.165) is 39.7 Å². The van der Waals surface area contributed by atoms with Gasteiger partial charge in [-0.15, -0.1) is 0 Å². The van der Waals surface area contributed by atoms with Crippen LogP contribution in [0.4, 0.5) is 0 Å². The van der Waals surface area contributed by atoms with Crippen LogP contribution in [0.2, 0.25) is 11.1 Å². The summed E-state index contributed by atoms with van der Waals surface area (Å²) in [6.45, 7) is 4.90. The van der Waals surface area contributed by atoms with Crippen molar-refractivity contribution >= 4 is 19.5 Å². The zero-order chi connectivity index (χ0) is 15.4. The minimum Gasteiger partial charge on any atom is -1.00 e. The van der Waals surface area contributed by atoms with Gasteiger partial charge in [-0.1, -0.05) is 0 Å². The summed E-state index contributed by atoms with van der Waals surface area (Å²) in [6.07, 6.45) is 9.01. The van der Waals surface area contributed by atoms with Gasteiger partial charge in [0.25, 0.3) is 0 Å². The first-order chi connectivity index (χ1) is 11.0. The zero-order valence-corrected chi connectivity index (χ0v) is 18.4. The van der Waals surface area contributed by atoms with E-state index in [-0.39, 0.29) is 30.2 Å². The summed E-state index contributed by atoms with van der Waals surface area (Å²) in [4.78, 5) is 13.0. The second-order valence-corrected chi connectivity index (χ2v) is 13.9. The zero-order valence-electron chi connectivity index (χ0n) is 14.3. The topological polar surface area (TPSA) is 29.1 Å². The summed E-state index contributed by atoms with van der Waals surface area (Å²) in [6, 6.07) is 0. The van der Waals surface area contributed by atoms with Crippen molar-refractivity contribution in [1.82, 2.24) is 3.80 Å². The smallest absolute Gasteiger partial charge is 1.00 e. The van der Waals surface area contributed by atoms with Crippen LogP contribution in [0.5, 0.6) is 0 Å². The second kappa shape index (κ2) is 3.73. The fourth-order valence-electron chi connectivity index (χ4n) is 11.5. The normalized spacial score (nSPS) is 68.6. The molecule has 0 aromatic heterocycles. The fourth-order valence-corrected chi connectivity index (χ4v) is 16.1. The summed E-state index contributed by atoms with van der Waals surface area (Å²) in [5.74, 6) is 3.33. The first-order valence-corrected chi connectivity index (χ1v) is 11.8. The quantitative estimate of drug-likeness (QED) is 0.453. The van der Waals surface area contributed by atoms with Crippen LogP contribution in [-0.4, -0.2) is 19.5 Å². The van der Waals surface area contributed by atoms with Crippen molar-refractivity contribution in [3.8, 4) is 0 Å². The number of hydrogen-bond acceptors (Lipinski definition) is 1. The van der Waals surface area contributed by atoms with Crippen LogP contribution in [0.1, 0.15) is 33.1 Å². The van der Waals surface area contributed by atoms with Crippen LogP contribution in [0, 0.1) is 44.8 Å². The summed E-state index contributed by atoms with van der Waals surface area (Å²) < 4.78 is 3.10. The number of halogens is 2. The Morgan fingerprint density at radius 1 is 1.28 bits per heavy atom. The van der Waals surface area contributed by atoms with Gasteiger partial charge in [-0.2, -0.15) is 0 Å². The molecule has 10 aliphatic rings. The van der Waals surface area contributed by atoms with Gasteiger partial charge in [0.1, 0.15) is 0 Å². The summed E-state index contributed by atoms with van der Waals surface area (Å²) in [5.41, 5.74) is 4.65. The van der Waals surface area contributed by atoms with Gasteiger partial charge in [0, 0.05) is 0 Å². The van der Waals surface area contributed by atoms with Gasteiger partial charge in [-0.3, -0.25) is 0 Å². The Hall–Kier alpha value is 0.591. The third-order valence-electron chi connectivity index (χ3n) is 10.9. The van der Waals surface area contributed by atoms with Crippen LogP contribution in [-0.2, 0) is 25.5 Å². The number of rotatable bonds is 2. The number of amides is 1. The standard InChI is InChI=1S/C19H21NOSi.2ClH.Ti/c1-8-3-4-9(2)22(8)11-10-5-15(14(20)21)7-16(11)12-18(15)13-17(18,6-10)19(12,13)16;;;/h3-4,8,10-13H,5-7H2,1-2H3,(H2,20,21);2*1H;/q;;;+3/p-3. The SMILES string of the molecule is CC1=[Si](C2C3CC4(C(=O)[NH][Ti+2])CC25C2C46C4C6(C3)C245)C(C)C=C1.[Cl-].[Cl-]. The molecule has 25 heavy (non-hydrogen) atoms. The number of allylic oxidation sites excluding steroid dienone is 2. The van der Waals surface area contributed by atoms with Crippen LogP contribution >= 0.6 is 0 Å². The average molecular weight is 425 g/mol. The molecule has 1 aliphatic heterocycles. The Morgan fingerprint density at radius 3 is 2.68 bits per heavy atom. The number of carbonyl (C=O) groups excluding carboxylic acids is 1. The van der Waals surface area contributed by atoms with Gasteiger partial charge in [-0.25, -0.2) is 0 Å². The fraction of sp³-hybridized carbons (Fsp3) is 0.789. The molecule has 2 nitrogen and oxygen atoms in total. The first-order valence-electron chi connectivity index (χ1n) is 9.40. The molecule has 4 spiro atoms. The molecular weight excluding hydrogens is 405 g/mol. The maximum atomic E-state index is 13.0. The molecule has 10 rings (SSSR count). The van der Waals surface area contributed by atoms with Crippen LogP contribution in [0.3, 0.4) is 0 Å². The molecule has 9 aliphatic carbocycles. The number of hydrogen-bond donors (Lipinski definition) is 1. The van der Waals surface area contributed by atoms with E-state index < -0.39 is 8.41 Å². The average Bonchev–Trinajstić information content (AvgIpc) is 3.30. The molecule has 9 saturated carbocycles. The Balaban J connectivity index is 0.000000643. The van der Waals surface area contributed by atoms with Gasteiger partial charge >= 0.3 is 150 Å². The molecule has 0 aromatic carbocycles. The van der Waals surface area contributed by atoms with Gasteiger partial charge in [0.05, 0.1) is 0 Å². The third-order valence-corrected chi connectivity index (χ3v) is 15.2. The van der Waals surface area contributed by atoms with Crippen molar-refractivity contribution in [1.29, 1.82) is 0 Å². The van der Waals surface area contributed by atoms with E-state index >= 15 is 0 Å². The van der Waals surface area contributed by atoms with Gasteiger partial charge in [0.15, 0.2) is 0 Å². The van der Waals surface area contributed by atoms with E-state index in [9.17, 15) is 4.79 Å². The van der Waals surface area contributed by atoms with Crippen molar-refractivity contribution in [3.63, 3.8) is 0 Å². The molecule has 1 heterocycles. The van der Waals surface area contributed by atoms with Crippen molar-refractivity contribution in [3.05, 3.63) is 12.2 Å². The van der Waals surface area contributed by atoms with Crippen molar-refractivity contribution in [2.24, 2.45) is 44.8 Å². The Morgan fingerprint density at radius 2 is 2.04 bits per heavy atom. The molecule has 0 radical (unpaired) electrons. The van der Waals surface area contributed by atoms with Crippen molar-refractivity contribution in [2.45, 2.75) is 44.2 Å². The molecule has 10 atom stereocenters. The molecule has 6 bridgehead atoms. The summed E-state index contributed by atoms with van der Waals surface area (Å²) in [7, 11) is -0.424. The van der Waals surface area contributed by atoms with E-state index in [1.807, 2.05) is 20.7 Å². The largest absolute Gasteiger partial charge is 1.00 e. The van der Waals surface area contributed by atoms with Gasteiger partial charge in [-0.05, 0) is 0 Å². The summed E-state index contributed by atoms with van der Waals surface area (Å²) >= 11 is 1.88. The van der Waals surface area contributed by atoms with E-state index in [2.05, 4.69) is 29.8 Å². The van der Waals surface area contributed by atoms with E-state index in [0.29, 0.717) is 16.7 Å². The second-order valence-electron chi connectivity index (χ2n) is 10.3. The number of carbonyl (C=O) groups is 1. The third kappa shape index (κ3) is 0.908. The predicted molar refractivity (Wildman–Crippen MR) is 83.4 cm³/mol. The molecule has 0 aromatic rings. The Bertz CT molecular complexity index is 891. The Labute approximate surface area is 174 Å². The summed E-state index contributed by atoms with van der Waals surface area (Å²) in [5, 5.41) is 1.74. The van der Waals surface area contributed by atoms with Crippen molar-refractivity contribution < 1.29 is 50.3 Å².